The third-order valence-electron chi connectivity index (χ3n) is 3.06. The van der Waals surface area contributed by atoms with Gasteiger partial charge >= 0.3 is 0 Å². The number of nitrogens with one attached hydrogen (secondary N) is 1. The van der Waals surface area contributed by atoms with Crippen LogP contribution in [0.2, 0.25) is 0 Å². The van der Waals surface area contributed by atoms with E-state index in [9.17, 15) is 4.79 Å². The summed E-state index contributed by atoms with van der Waals surface area (Å²) < 4.78 is 10.6. The topological polar surface area (TPSA) is 67.8 Å². The smallest absolute Gasteiger partial charge is 0.260 e. The monoisotopic (exact) mass is 281 g/mol. The molecule has 0 heterocycles. The molecule has 2 unspecified atom stereocenters. The molecule has 0 spiro atoms. The molecule has 5 heteroatoms. The van der Waals surface area contributed by atoms with Crippen molar-refractivity contribution >= 4 is 5.91 Å². The molecule has 20 heavy (non-hydrogen) atoms. The van der Waals surface area contributed by atoms with Gasteiger partial charge in [0.25, 0.3) is 5.91 Å². The molecule has 0 fully saturated rings. The maximum atomic E-state index is 12.0. The second kappa shape index (κ2) is 8.43. The van der Waals surface area contributed by atoms with E-state index in [0.717, 1.165) is 12.2 Å². The van der Waals surface area contributed by atoms with E-state index in [0.29, 0.717) is 12.2 Å². The Hall–Kier alpha value is -1.75. The standard InChI is InChI=1S/C15H23NO4/c1-4-12(9-10-17)16-15(18)11(2)20-14-7-5-13(19-3)6-8-14/h5-8,11-12,17H,4,9-10H2,1-3H3,(H,16,18). The Morgan fingerprint density at radius 3 is 2.40 bits per heavy atom. The fourth-order valence-electron chi connectivity index (χ4n) is 1.76. The lowest BCUT2D eigenvalue weighted by atomic mass is 10.1. The SMILES string of the molecule is CCC(CCO)NC(=O)C(C)Oc1ccc(OC)cc1. The quantitative estimate of drug-likeness (QED) is 0.761. The number of carbonyl (C=O) groups excluding carboxylic acids is 1. The van der Waals surface area contributed by atoms with Crippen LogP contribution in [0.15, 0.2) is 24.3 Å². The van der Waals surface area contributed by atoms with Crippen molar-refractivity contribution in [2.45, 2.75) is 38.8 Å². The zero-order chi connectivity index (χ0) is 15.0. The first-order valence-corrected chi connectivity index (χ1v) is 6.82. The minimum atomic E-state index is -0.587. The number of aliphatic hydroxyl groups excluding tert-OH is 1. The lowest BCUT2D eigenvalue weighted by molar-refractivity contribution is -0.128. The van der Waals surface area contributed by atoms with Gasteiger partial charge in [0.2, 0.25) is 0 Å². The second-order valence-electron chi connectivity index (χ2n) is 4.56. The van der Waals surface area contributed by atoms with Crippen molar-refractivity contribution in [1.82, 2.24) is 5.32 Å². The predicted molar refractivity (Wildman–Crippen MR) is 77.0 cm³/mol. The first-order chi connectivity index (χ1) is 9.60. The van der Waals surface area contributed by atoms with Gasteiger partial charge < -0.3 is 19.9 Å². The third-order valence-corrected chi connectivity index (χ3v) is 3.06. The Morgan fingerprint density at radius 1 is 1.30 bits per heavy atom. The number of rotatable bonds is 8. The van der Waals surface area contributed by atoms with E-state index in [4.69, 9.17) is 14.6 Å². The lowest BCUT2D eigenvalue weighted by Gasteiger charge is -2.20. The summed E-state index contributed by atoms with van der Waals surface area (Å²) in [6.45, 7) is 3.73. The molecular weight excluding hydrogens is 258 g/mol. The lowest BCUT2D eigenvalue weighted by Crippen LogP contribution is -2.42. The van der Waals surface area contributed by atoms with Gasteiger partial charge in [0.05, 0.1) is 7.11 Å². The summed E-state index contributed by atoms with van der Waals surface area (Å²) in [5.74, 6) is 1.17. The molecule has 2 atom stereocenters. The number of methoxy groups -OCH3 is 1. The van der Waals surface area contributed by atoms with Gasteiger partial charge in [-0.05, 0) is 44.0 Å². The Balaban J connectivity index is 2.51. The van der Waals surface area contributed by atoms with Gasteiger partial charge in [0.15, 0.2) is 6.10 Å². The molecule has 0 saturated heterocycles. The van der Waals surface area contributed by atoms with Crippen molar-refractivity contribution in [3.63, 3.8) is 0 Å². The summed E-state index contributed by atoms with van der Waals surface area (Å²) in [5, 5.41) is 11.8. The molecule has 0 aliphatic carbocycles. The Morgan fingerprint density at radius 2 is 1.90 bits per heavy atom. The zero-order valence-corrected chi connectivity index (χ0v) is 12.3. The molecule has 1 amide bonds. The Kier molecular flexibility index (Phi) is 6.87. The van der Waals surface area contributed by atoms with Crippen molar-refractivity contribution in [1.29, 1.82) is 0 Å². The average Bonchev–Trinajstić information content (AvgIpc) is 2.47. The molecule has 0 saturated carbocycles. The van der Waals surface area contributed by atoms with E-state index in [1.165, 1.54) is 0 Å². The van der Waals surface area contributed by atoms with Crippen LogP contribution in [-0.2, 0) is 4.79 Å². The van der Waals surface area contributed by atoms with Gasteiger partial charge in [0, 0.05) is 12.6 Å². The molecule has 1 aromatic rings. The number of ether oxygens (including phenoxy) is 2. The zero-order valence-electron chi connectivity index (χ0n) is 12.3. The third kappa shape index (κ3) is 5.09. The van der Waals surface area contributed by atoms with E-state index in [1.807, 2.05) is 6.92 Å². The van der Waals surface area contributed by atoms with E-state index in [2.05, 4.69) is 5.32 Å². The number of hydrogen-bond acceptors (Lipinski definition) is 4. The van der Waals surface area contributed by atoms with E-state index in [-0.39, 0.29) is 18.6 Å². The first kappa shape index (κ1) is 16.3. The van der Waals surface area contributed by atoms with Gasteiger partial charge in [-0.1, -0.05) is 6.92 Å². The van der Waals surface area contributed by atoms with Crippen molar-refractivity contribution < 1.29 is 19.4 Å². The molecule has 112 valence electrons. The van der Waals surface area contributed by atoms with Crippen LogP contribution in [0.3, 0.4) is 0 Å². The maximum absolute atomic E-state index is 12.0. The predicted octanol–water partition coefficient (Wildman–Crippen LogP) is 1.74. The van der Waals surface area contributed by atoms with Crippen LogP contribution in [0.1, 0.15) is 26.7 Å². The molecular formula is C15H23NO4. The van der Waals surface area contributed by atoms with Gasteiger partial charge in [-0.15, -0.1) is 0 Å². The highest BCUT2D eigenvalue weighted by Gasteiger charge is 2.17. The molecule has 0 aromatic heterocycles. The summed E-state index contributed by atoms with van der Waals surface area (Å²) in [6.07, 6.45) is 0.745. The molecule has 0 radical (unpaired) electrons. The highest BCUT2D eigenvalue weighted by atomic mass is 16.5. The minimum absolute atomic E-state index is 0.0191. The number of carbonyl (C=O) groups is 1. The molecule has 1 aromatic carbocycles. The van der Waals surface area contributed by atoms with Crippen LogP contribution in [0.5, 0.6) is 11.5 Å². The Labute approximate surface area is 119 Å². The summed E-state index contributed by atoms with van der Waals surface area (Å²) in [6, 6.07) is 7.05. The molecule has 0 aliphatic heterocycles. The fraction of sp³-hybridized carbons (Fsp3) is 0.533. The number of benzene rings is 1. The Bertz CT molecular complexity index is 405. The van der Waals surface area contributed by atoms with Crippen molar-refractivity contribution in [2.24, 2.45) is 0 Å². The molecule has 5 nitrogen and oxygen atoms in total. The number of hydrogen-bond donors (Lipinski definition) is 2. The molecule has 1 rings (SSSR count). The summed E-state index contributed by atoms with van der Waals surface area (Å²) >= 11 is 0. The van der Waals surface area contributed by atoms with Gasteiger partial charge in [-0.2, -0.15) is 0 Å². The van der Waals surface area contributed by atoms with Crippen molar-refractivity contribution in [2.75, 3.05) is 13.7 Å². The number of aliphatic hydroxyl groups is 1. The van der Waals surface area contributed by atoms with Crippen LogP contribution in [0.4, 0.5) is 0 Å². The van der Waals surface area contributed by atoms with Crippen LogP contribution in [0.25, 0.3) is 0 Å². The van der Waals surface area contributed by atoms with Gasteiger partial charge in [-0.25, -0.2) is 0 Å². The van der Waals surface area contributed by atoms with Gasteiger partial charge in [0.1, 0.15) is 11.5 Å². The fourth-order valence-corrected chi connectivity index (χ4v) is 1.76. The van der Waals surface area contributed by atoms with Crippen LogP contribution < -0.4 is 14.8 Å². The van der Waals surface area contributed by atoms with E-state index < -0.39 is 6.10 Å². The molecule has 0 bridgehead atoms. The van der Waals surface area contributed by atoms with Crippen LogP contribution >= 0.6 is 0 Å². The van der Waals surface area contributed by atoms with Crippen molar-refractivity contribution in [3.8, 4) is 11.5 Å². The van der Waals surface area contributed by atoms with E-state index >= 15 is 0 Å². The maximum Gasteiger partial charge on any atom is 0.260 e. The second-order valence-corrected chi connectivity index (χ2v) is 4.56. The number of amides is 1. The molecule has 0 aliphatic rings. The minimum Gasteiger partial charge on any atom is -0.497 e. The normalized spacial score (nSPS) is 13.4. The average molecular weight is 281 g/mol. The highest BCUT2D eigenvalue weighted by molar-refractivity contribution is 5.81. The first-order valence-electron chi connectivity index (χ1n) is 6.82. The largest absolute Gasteiger partial charge is 0.497 e. The highest BCUT2D eigenvalue weighted by Crippen LogP contribution is 2.18. The summed E-state index contributed by atoms with van der Waals surface area (Å²) in [4.78, 5) is 12.0. The van der Waals surface area contributed by atoms with Crippen LogP contribution in [-0.4, -0.2) is 36.9 Å². The van der Waals surface area contributed by atoms with E-state index in [1.54, 1.807) is 38.3 Å². The molecule has 2 N–H and O–H groups in total. The summed E-state index contributed by atoms with van der Waals surface area (Å²) in [7, 11) is 1.60. The van der Waals surface area contributed by atoms with Gasteiger partial charge in [-0.3, -0.25) is 4.79 Å². The van der Waals surface area contributed by atoms with Crippen LogP contribution in [0, 0.1) is 0 Å². The van der Waals surface area contributed by atoms with Crippen molar-refractivity contribution in [3.05, 3.63) is 24.3 Å². The summed E-state index contributed by atoms with van der Waals surface area (Å²) in [5.41, 5.74) is 0.